The minimum Gasteiger partial charge on any atom is -0.486 e. The molecule has 2 amide bonds. The zero-order valence-electron chi connectivity index (χ0n) is 17.5. The molecule has 5 rings (SSSR count). The Bertz CT molecular complexity index is 1220. The number of nitrogens with one attached hydrogen (secondary N) is 2. The largest absolute Gasteiger partial charge is 0.486 e. The van der Waals surface area contributed by atoms with Crippen molar-refractivity contribution >= 4 is 29.2 Å². The lowest BCUT2D eigenvalue weighted by molar-refractivity contribution is -0.118. The number of aryl methyl sites for hydroxylation is 2. The van der Waals surface area contributed by atoms with Crippen LogP contribution in [0.15, 0.2) is 42.5 Å². The van der Waals surface area contributed by atoms with Crippen molar-refractivity contribution in [2.45, 2.75) is 18.9 Å². The molecule has 0 saturated carbocycles. The minimum atomic E-state index is -0.851. The normalized spacial score (nSPS) is 19.2. The predicted molar refractivity (Wildman–Crippen MR) is 119 cm³/mol. The average molecular weight is 453 g/mol. The molecule has 0 bridgehead atoms. The lowest BCUT2D eigenvalue weighted by Gasteiger charge is -2.33. The molecule has 0 aliphatic carbocycles. The highest BCUT2D eigenvalue weighted by atomic mass is 35.5. The molecule has 2 aromatic carbocycles. The summed E-state index contributed by atoms with van der Waals surface area (Å²) in [6, 6.07) is 11.3. The third-order valence-corrected chi connectivity index (χ3v) is 6.01. The second kappa shape index (κ2) is 7.87. The number of nitrogens with zero attached hydrogens (tertiary/aromatic N) is 2. The third-order valence-electron chi connectivity index (χ3n) is 5.76. The molecular formula is C23H21ClN4O4. The first kappa shape index (κ1) is 20.4. The average Bonchev–Trinajstić information content (AvgIpc) is 3.07. The maximum atomic E-state index is 13.2. The zero-order chi connectivity index (χ0) is 22.4. The molecule has 32 heavy (non-hydrogen) atoms. The molecule has 2 aliphatic rings. The number of anilines is 1. The Kier molecular flexibility index (Phi) is 5.01. The second-order valence-electron chi connectivity index (χ2n) is 7.80. The van der Waals surface area contributed by atoms with Crippen LogP contribution in [0.2, 0.25) is 5.02 Å². The number of benzene rings is 2. The van der Waals surface area contributed by atoms with Crippen LogP contribution in [0, 0.1) is 6.92 Å². The van der Waals surface area contributed by atoms with E-state index in [0.717, 1.165) is 16.8 Å². The molecule has 0 unspecified atom stereocenters. The fourth-order valence-electron chi connectivity index (χ4n) is 4.29. The van der Waals surface area contributed by atoms with E-state index in [0.29, 0.717) is 41.1 Å². The van der Waals surface area contributed by atoms with Crippen LogP contribution in [-0.4, -0.2) is 40.9 Å². The standard InChI is InChI=1S/C23H21ClN4O4/c1-12-18-19(14-5-8-16-17(11-14)32-10-9-31-16)20(23(30)26-21(18)28(2)27-12)25-22(29)13-3-6-15(24)7-4-13/h3-8,11,19-20H,9-10H2,1-2H3,(H,25,29)(H,26,30)/t19-,20+/m1/s1. The molecule has 2 N–H and O–H groups in total. The number of aromatic nitrogens is 2. The quantitative estimate of drug-likeness (QED) is 0.637. The molecule has 0 saturated heterocycles. The Morgan fingerprint density at radius 2 is 1.88 bits per heavy atom. The first-order valence-corrected chi connectivity index (χ1v) is 10.6. The summed E-state index contributed by atoms with van der Waals surface area (Å²) in [4.78, 5) is 26.1. The fourth-order valence-corrected chi connectivity index (χ4v) is 4.42. The van der Waals surface area contributed by atoms with E-state index in [2.05, 4.69) is 15.7 Å². The molecule has 0 fully saturated rings. The number of halogens is 1. The van der Waals surface area contributed by atoms with Gasteiger partial charge in [-0.2, -0.15) is 5.10 Å². The van der Waals surface area contributed by atoms with Gasteiger partial charge < -0.3 is 20.1 Å². The fraction of sp³-hybridized carbons (Fsp3) is 0.261. The minimum absolute atomic E-state index is 0.317. The summed E-state index contributed by atoms with van der Waals surface area (Å²) in [6.07, 6.45) is 0. The van der Waals surface area contributed by atoms with Crippen LogP contribution in [-0.2, 0) is 11.8 Å². The smallest absolute Gasteiger partial charge is 0.251 e. The lowest BCUT2D eigenvalue weighted by atomic mass is 9.81. The van der Waals surface area contributed by atoms with Gasteiger partial charge >= 0.3 is 0 Å². The Labute approximate surface area is 189 Å². The number of carbonyl (C=O) groups excluding carboxylic acids is 2. The number of hydrogen-bond donors (Lipinski definition) is 2. The number of fused-ring (bicyclic) bond motifs is 2. The van der Waals surface area contributed by atoms with Crippen LogP contribution in [0.25, 0.3) is 0 Å². The highest BCUT2D eigenvalue weighted by Gasteiger charge is 2.41. The maximum absolute atomic E-state index is 13.2. The van der Waals surface area contributed by atoms with Crippen molar-refractivity contribution in [3.8, 4) is 11.5 Å². The zero-order valence-corrected chi connectivity index (χ0v) is 18.3. The van der Waals surface area contributed by atoms with Crippen LogP contribution < -0.4 is 20.1 Å². The monoisotopic (exact) mass is 452 g/mol. The van der Waals surface area contributed by atoms with Crippen LogP contribution in [0.3, 0.4) is 0 Å². The summed E-state index contributed by atoms with van der Waals surface area (Å²) in [7, 11) is 1.78. The summed E-state index contributed by atoms with van der Waals surface area (Å²) in [5.74, 6) is 0.747. The van der Waals surface area contributed by atoms with E-state index in [-0.39, 0.29) is 11.8 Å². The first-order chi connectivity index (χ1) is 15.4. The van der Waals surface area contributed by atoms with Crippen LogP contribution in [0.5, 0.6) is 11.5 Å². The molecule has 9 heteroatoms. The van der Waals surface area contributed by atoms with Crippen molar-refractivity contribution in [3.05, 3.63) is 69.9 Å². The van der Waals surface area contributed by atoms with Gasteiger partial charge in [0.05, 0.1) is 5.69 Å². The van der Waals surface area contributed by atoms with Crippen molar-refractivity contribution in [3.63, 3.8) is 0 Å². The summed E-state index contributed by atoms with van der Waals surface area (Å²) >= 11 is 5.94. The number of ether oxygens (including phenoxy) is 2. The molecule has 3 heterocycles. The van der Waals surface area contributed by atoms with Gasteiger partial charge in [-0.3, -0.25) is 14.3 Å². The van der Waals surface area contributed by atoms with Gasteiger partial charge in [0, 0.05) is 29.1 Å². The summed E-state index contributed by atoms with van der Waals surface area (Å²) in [5, 5.41) is 10.8. The Morgan fingerprint density at radius 3 is 2.62 bits per heavy atom. The lowest BCUT2D eigenvalue weighted by Crippen LogP contribution is -2.50. The van der Waals surface area contributed by atoms with E-state index in [1.54, 1.807) is 36.0 Å². The molecule has 8 nitrogen and oxygen atoms in total. The molecule has 3 aromatic rings. The third kappa shape index (κ3) is 3.46. The highest BCUT2D eigenvalue weighted by Crippen LogP contribution is 2.42. The summed E-state index contributed by atoms with van der Waals surface area (Å²) in [6.45, 7) is 2.83. The van der Waals surface area contributed by atoms with Gasteiger partial charge in [0.15, 0.2) is 11.5 Å². The molecule has 1 aromatic heterocycles. The molecule has 2 atom stereocenters. The summed E-state index contributed by atoms with van der Waals surface area (Å²) in [5.41, 5.74) is 2.86. The van der Waals surface area contributed by atoms with Gasteiger partial charge in [0.2, 0.25) is 5.91 Å². The SMILES string of the molecule is Cc1nn(C)c2c1[C@@H](c1ccc3c(c1)OCCO3)[C@H](NC(=O)c1ccc(Cl)cc1)C(=O)N2. The van der Waals surface area contributed by atoms with Crippen LogP contribution in [0.1, 0.15) is 33.1 Å². The van der Waals surface area contributed by atoms with E-state index in [4.69, 9.17) is 21.1 Å². The maximum Gasteiger partial charge on any atom is 0.251 e. The van der Waals surface area contributed by atoms with Crippen molar-refractivity contribution in [2.75, 3.05) is 18.5 Å². The Morgan fingerprint density at radius 1 is 1.16 bits per heavy atom. The number of carbonyl (C=O) groups is 2. The van der Waals surface area contributed by atoms with E-state index in [1.807, 2.05) is 25.1 Å². The van der Waals surface area contributed by atoms with Gasteiger partial charge in [-0.1, -0.05) is 17.7 Å². The van der Waals surface area contributed by atoms with Crippen LogP contribution >= 0.6 is 11.6 Å². The number of rotatable bonds is 3. The Hall–Kier alpha value is -3.52. The molecule has 164 valence electrons. The highest BCUT2D eigenvalue weighted by molar-refractivity contribution is 6.30. The van der Waals surface area contributed by atoms with Gasteiger partial charge in [-0.05, 0) is 48.9 Å². The molecule has 2 aliphatic heterocycles. The first-order valence-electron chi connectivity index (χ1n) is 10.2. The van der Waals surface area contributed by atoms with E-state index in [1.165, 1.54) is 0 Å². The van der Waals surface area contributed by atoms with Gasteiger partial charge in [0.25, 0.3) is 5.91 Å². The van der Waals surface area contributed by atoms with E-state index >= 15 is 0 Å². The van der Waals surface area contributed by atoms with Crippen molar-refractivity contribution in [2.24, 2.45) is 7.05 Å². The van der Waals surface area contributed by atoms with E-state index in [9.17, 15) is 9.59 Å². The van der Waals surface area contributed by atoms with Gasteiger partial charge in [0.1, 0.15) is 25.1 Å². The Balaban J connectivity index is 1.58. The summed E-state index contributed by atoms with van der Waals surface area (Å²) < 4.78 is 13.0. The van der Waals surface area contributed by atoms with Crippen molar-refractivity contribution in [1.29, 1.82) is 0 Å². The molecule has 0 spiro atoms. The van der Waals surface area contributed by atoms with E-state index < -0.39 is 12.0 Å². The number of amides is 2. The van der Waals surface area contributed by atoms with Crippen molar-refractivity contribution < 1.29 is 19.1 Å². The topological polar surface area (TPSA) is 94.5 Å². The van der Waals surface area contributed by atoms with Crippen molar-refractivity contribution in [1.82, 2.24) is 15.1 Å². The molecular weight excluding hydrogens is 432 g/mol. The van der Waals surface area contributed by atoms with Gasteiger partial charge in [-0.15, -0.1) is 0 Å². The number of hydrogen-bond acceptors (Lipinski definition) is 5. The predicted octanol–water partition coefficient (Wildman–Crippen LogP) is 3.04. The second-order valence-corrected chi connectivity index (χ2v) is 8.24. The van der Waals surface area contributed by atoms with Gasteiger partial charge in [-0.25, -0.2) is 0 Å². The molecule has 0 radical (unpaired) electrons. The van der Waals surface area contributed by atoms with Crippen LogP contribution in [0.4, 0.5) is 5.82 Å².